The Bertz CT molecular complexity index is 343. The fraction of sp³-hybridized carbons (Fsp3) is 0.417. The molecule has 1 atom stereocenters. The van der Waals surface area contributed by atoms with Crippen LogP contribution < -0.4 is 4.90 Å². The highest BCUT2D eigenvalue weighted by Gasteiger charge is 2.09. The first-order chi connectivity index (χ1) is 7.27. The topological polar surface area (TPSA) is 36.4 Å². The standard InChI is InChI=1S/C12H16N2O/c1-10(15)11-5-6-12(13-9-11)14-7-3-2-4-8-14/h2-3,5-6,9-10,15H,4,7-8H2,1H3/t10-/m1/s1. The summed E-state index contributed by atoms with van der Waals surface area (Å²) in [5, 5.41) is 9.36. The van der Waals surface area contributed by atoms with Crippen LogP contribution in [0.15, 0.2) is 30.5 Å². The summed E-state index contributed by atoms with van der Waals surface area (Å²) >= 11 is 0. The van der Waals surface area contributed by atoms with Gasteiger partial charge < -0.3 is 10.0 Å². The maximum atomic E-state index is 9.36. The number of aliphatic hydroxyl groups excluding tert-OH is 1. The van der Waals surface area contributed by atoms with Gasteiger partial charge in [-0.15, -0.1) is 0 Å². The van der Waals surface area contributed by atoms with E-state index in [-0.39, 0.29) is 0 Å². The molecule has 15 heavy (non-hydrogen) atoms. The maximum absolute atomic E-state index is 9.36. The van der Waals surface area contributed by atoms with Gasteiger partial charge in [-0.1, -0.05) is 18.2 Å². The van der Waals surface area contributed by atoms with E-state index in [2.05, 4.69) is 22.0 Å². The summed E-state index contributed by atoms with van der Waals surface area (Å²) < 4.78 is 0. The zero-order chi connectivity index (χ0) is 10.7. The molecule has 0 saturated heterocycles. The number of hydrogen-bond donors (Lipinski definition) is 1. The van der Waals surface area contributed by atoms with Crippen LogP contribution in [0.3, 0.4) is 0 Å². The summed E-state index contributed by atoms with van der Waals surface area (Å²) in [6.45, 7) is 3.71. The minimum absolute atomic E-state index is 0.437. The highest BCUT2D eigenvalue weighted by atomic mass is 16.3. The zero-order valence-corrected chi connectivity index (χ0v) is 8.93. The van der Waals surface area contributed by atoms with Crippen LogP contribution in [0.5, 0.6) is 0 Å². The number of nitrogens with zero attached hydrogens (tertiary/aromatic N) is 2. The molecule has 1 N–H and O–H groups in total. The second kappa shape index (κ2) is 4.45. The van der Waals surface area contributed by atoms with Crippen molar-refractivity contribution in [1.82, 2.24) is 4.98 Å². The molecule has 0 fully saturated rings. The van der Waals surface area contributed by atoms with Crippen molar-refractivity contribution in [1.29, 1.82) is 0 Å². The Kier molecular flexibility index (Phi) is 3.02. The quantitative estimate of drug-likeness (QED) is 0.747. The van der Waals surface area contributed by atoms with Gasteiger partial charge in [0.25, 0.3) is 0 Å². The molecule has 0 unspecified atom stereocenters. The number of pyridine rings is 1. The van der Waals surface area contributed by atoms with E-state index in [1.165, 1.54) is 0 Å². The fourth-order valence-electron chi connectivity index (χ4n) is 1.68. The summed E-state index contributed by atoms with van der Waals surface area (Å²) in [6, 6.07) is 3.91. The van der Waals surface area contributed by atoms with Crippen molar-refractivity contribution >= 4 is 5.82 Å². The fourth-order valence-corrected chi connectivity index (χ4v) is 1.68. The van der Waals surface area contributed by atoms with Crippen molar-refractivity contribution in [2.75, 3.05) is 18.0 Å². The van der Waals surface area contributed by atoms with E-state index in [4.69, 9.17) is 0 Å². The highest BCUT2D eigenvalue weighted by Crippen LogP contribution is 2.17. The van der Waals surface area contributed by atoms with Crippen LogP contribution in [-0.2, 0) is 0 Å². The largest absolute Gasteiger partial charge is 0.389 e. The van der Waals surface area contributed by atoms with Crippen molar-refractivity contribution in [3.8, 4) is 0 Å². The lowest BCUT2D eigenvalue weighted by Crippen LogP contribution is -2.27. The SMILES string of the molecule is C[C@@H](O)c1ccc(N2CC=CCC2)nc1. The first-order valence-electron chi connectivity index (χ1n) is 5.31. The van der Waals surface area contributed by atoms with Crippen LogP contribution in [0.25, 0.3) is 0 Å². The third kappa shape index (κ3) is 2.36. The lowest BCUT2D eigenvalue weighted by molar-refractivity contribution is 0.199. The molecule has 0 radical (unpaired) electrons. The van der Waals surface area contributed by atoms with E-state index in [1.54, 1.807) is 13.1 Å². The summed E-state index contributed by atoms with van der Waals surface area (Å²) in [5.41, 5.74) is 0.867. The molecule has 2 rings (SSSR count). The Morgan fingerprint density at radius 3 is 2.80 bits per heavy atom. The third-order valence-corrected chi connectivity index (χ3v) is 2.64. The van der Waals surface area contributed by atoms with Gasteiger partial charge in [0.2, 0.25) is 0 Å². The number of aliphatic hydroxyl groups is 1. The van der Waals surface area contributed by atoms with Gasteiger partial charge in [0.1, 0.15) is 5.82 Å². The molecule has 1 aliphatic rings. The van der Waals surface area contributed by atoms with Crippen LogP contribution in [0.4, 0.5) is 5.82 Å². The molecule has 0 aliphatic carbocycles. The molecule has 2 heterocycles. The Hall–Kier alpha value is -1.35. The molecule has 0 bridgehead atoms. The minimum atomic E-state index is -0.437. The summed E-state index contributed by atoms with van der Waals surface area (Å²) in [5.74, 6) is 0.990. The molecule has 1 aliphatic heterocycles. The first kappa shape index (κ1) is 10.2. The Morgan fingerprint density at radius 1 is 1.40 bits per heavy atom. The minimum Gasteiger partial charge on any atom is -0.389 e. The van der Waals surface area contributed by atoms with Crippen LogP contribution in [0, 0.1) is 0 Å². The van der Waals surface area contributed by atoms with Crippen molar-refractivity contribution in [2.24, 2.45) is 0 Å². The van der Waals surface area contributed by atoms with Crippen molar-refractivity contribution in [2.45, 2.75) is 19.4 Å². The molecule has 0 saturated carbocycles. The molecule has 0 amide bonds. The van der Waals surface area contributed by atoms with Gasteiger partial charge in [0.05, 0.1) is 6.10 Å². The molecule has 0 spiro atoms. The van der Waals surface area contributed by atoms with Gasteiger partial charge >= 0.3 is 0 Å². The van der Waals surface area contributed by atoms with E-state index in [0.29, 0.717) is 0 Å². The second-order valence-electron chi connectivity index (χ2n) is 3.83. The second-order valence-corrected chi connectivity index (χ2v) is 3.83. The molecule has 80 valence electrons. The number of anilines is 1. The smallest absolute Gasteiger partial charge is 0.128 e. The molecular weight excluding hydrogens is 188 g/mol. The van der Waals surface area contributed by atoms with Crippen molar-refractivity contribution < 1.29 is 5.11 Å². The normalized spacial score (nSPS) is 17.9. The maximum Gasteiger partial charge on any atom is 0.128 e. The Morgan fingerprint density at radius 2 is 2.27 bits per heavy atom. The number of rotatable bonds is 2. The average molecular weight is 204 g/mol. The van der Waals surface area contributed by atoms with E-state index >= 15 is 0 Å². The average Bonchev–Trinajstić information content (AvgIpc) is 2.30. The van der Waals surface area contributed by atoms with Crippen molar-refractivity contribution in [3.05, 3.63) is 36.0 Å². The highest BCUT2D eigenvalue weighted by molar-refractivity contribution is 5.41. The van der Waals surface area contributed by atoms with Gasteiger partial charge in [-0.3, -0.25) is 0 Å². The molecule has 1 aromatic heterocycles. The predicted octanol–water partition coefficient (Wildman–Crippen LogP) is 1.90. The van der Waals surface area contributed by atoms with Crippen LogP contribution in [-0.4, -0.2) is 23.2 Å². The lowest BCUT2D eigenvalue weighted by Gasteiger charge is -2.24. The number of hydrogen-bond acceptors (Lipinski definition) is 3. The molecule has 1 aromatic rings. The predicted molar refractivity (Wildman–Crippen MR) is 60.8 cm³/mol. The molecular formula is C12H16N2O. The summed E-state index contributed by atoms with van der Waals surface area (Å²) in [7, 11) is 0. The lowest BCUT2D eigenvalue weighted by atomic mass is 10.2. The van der Waals surface area contributed by atoms with Gasteiger partial charge in [0, 0.05) is 19.3 Å². The third-order valence-electron chi connectivity index (χ3n) is 2.64. The van der Waals surface area contributed by atoms with Gasteiger partial charge in [-0.2, -0.15) is 0 Å². The molecule has 0 aromatic carbocycles. The summed E-state index contributed by atoms with van der Waals surface area (Å²) in [6.07, 6.45) is 6.75. The van der Waals surface area contributed by atoms with Crippen molar-refractivity contribution in [3.63, 3.8) is 0 Å². The first-order valence-corrected chi connectivity index (χ1v) is 5.31. The molecule has 3 nitrogen and oxygen atoms in total. The molecule has 3 heteroatoms. The zero-order valence-electron chi connectivity index (χ0n) is 8.93. The monoisotopic (exact) mass is 204 g/mol. The van der Waals surface area contributed by atoms with Gasteiger partial charge in [-0.05, 0) is 25.0 Å². The van der Waals surface area contributed by atoms with E-state index in [0.717, 1.165) is 30.9 Å². The van der Waals surface area contributed by atoms with Crippen LogP contribution in [0.1, 0.15) is 25.0 Å². The Balaban J connectivity index is 2.12. The summed E-state index contributed by atoms with van der Waals surface area (Å²) in [4.78, 5) is 6.58. The van der Waals surface area contributed by atoms with E-state index < -0.39 is 6.10 Å². The number of aromatic nitrogens is 1. The van der Waals surface area contributed by atoms with Gasteiger partial charge in [-0.25, -0.2) is 4.98 Å². The van der Waals surface area contributed by atoms with E-state index in [9.17, 15) is 5.11 Å². The van der Waals surface area contributed by atoms with Crippen LogP contribution in [0.2, 0.25) is 0 Å². The van der Waals surface area contributed by atoms with Crippen LogP contribution >= 0.6 is 0 Å². The van der Waals surface area contributed by atoms with Gasteiger partial charge in [0.15, 0.2) is 0 Å². The Labute approximate surface area is 90.1 Å². The van der Waals surface area contributed by atoms with E-state index in [1.807, 2.05) is 12.1 Å².